The molecule has 2 aromatic rings. The fourth-order valence-corrected chi connectivity index (χ4v) is 2.94. The predicted molar refractivity (Wildman–Crippen MR) is 69.9 cm³/mol. The van der Waals surface area contributed by atoms with E-state index in [1.165, 1.54) is 16.1 Å². The third-order valence-corrected chi connectivity index (χ3v) is 3.89. The Labute approximate surface area is 99.3 Å². The molecule has 0 radical (unpaired) electrons. The molecule has 16 heavy (non-hydrogen) atoms. The van der Waals surface area contributed by atoms with Gasteiger partial charge >= 0.3 is 0 Å². The zero-order valence-electron chi connectivity index (χ0n) is 9.02. The quantitative estimate of drug-likeness (QED) is 0.804. The summed E-state index contributed by atoms with van der Waals surface area (Å²) in [6.45, 7) is 2.12. The standard InChI is InChI=1S/C13H14N2S/c14-11-4-3-10-5-6-15(13(10)8-11)9-12-2-1-7-16-12/h1-4,7-8H,5-6,9,14H2. The van der Waals surface area contributed by atoms with Crippen LogP contribution in [0.5, 0.6) is 0 Å². The summed E-state index contributed by atoms with van der Waals surface area (Å²) in [6.07, 6.45) is 1.14. The third kappa shape index (κ3) is 1.67. The van der Waals surface area contributed by atoms with Crippen LogP contribution in [0.25, 0.3) is 0 Å². The van der Waals surface area contributed by atoms with Crippen LogP contribution in [0.2, 0.25) is 0 Å². The van der Waals surface area contributed by atoms with E-state index >= 15 is 0 Å². The number of nitrogen functional groups attached to an aromatic ring is 1. The van der Waals surface area contributed by atoms with Crippen LogP contribution in [0.4, 0.5) is 11.4 Å². The van der Waals surface area contributed by atoms with Crippen LogP contribution >= 0.6 is 11.3 Å². The molecule has 0 atom stereocenters. The van der Waals surface area contributed by atoms with Crippen molar-refractivity contribution in [1.29, 1.82) is 0 Å². The van der Waals surface area contributed by atoms with Crippen molar-refractivity contribution < 1.29 is 0 Å². The van der Waals surface area contributed by atoms with Crippen molar-refractivity contribution in [3.63, 3.8) is 0 Å². The highest BCUT2D eigenvalue weighted by Crippen LogP contribution is 2.31. The lowest BCUT2D eigenvalue weighted by atomic mass is 10.1. The Bertz CT molecular complexity index is 491. The average Bonchev–Trinajstić information content (AvgIpc) is 2.90. The van der Waals surface area contributed by atoms with Crippen LogP contribution in [0.3, 0.4) is 0 Å². The molecular weight excluding hydrogens is 216 g/mol. The molecule has 0 saturated heterocycles. The van der Waals surface area contributed by atoms with Gasteiger partial charge in [0.2, 0.25) is 0 Å². The van der Waals surface area contributed by atoms with Gasteiger partial charge in [-0.05, 0) is 35.6 Å². The SMILES string of the molecule is Nc1ccc2c(c1)N(Cc1cccs1)CC2. The lowest BCUT2D eigenvalue weighted by Gasteiger charge is -2.18. The minimum Gasteiger partial charge on any atom is -0.399 e. The average molecular weight is 230 g/mol. The van der Waals surface area contributed by atoms with Gasteiger partial charge in [0, 0.05) is 22.8 Å². The highest BCUT2D eigenvalue weighted by Gasteiger charge is 2.19. The molecule has 1 aliphatic rings. The van der Waals surface area contributed by atoms with Gasteiger partial charge < -0.3 is 10.6 Å². The molecule has 0 fully saturated rings. The normalized spacial score (nSPS) is 14.1. The van der Waals surface area contributed by atoms with E-state index in [1.54, 1.807) is 0 Å². The summed E-state index contributed by atoms with van der Waals surface area (Å²) in [7, 11) is 0. The third-order valence-electron chi connectivity index (χ3n) is 3.03. The summed E-state index contributed by atoms with van der Waals surface area (Å²) in [5.74, 6) is 0. The van der Waals surface area contributed by atoms with Crippen LogP contribution in [0.15, 0.2) is 35.7 Å². The number of fused-ring (bicyclic) bond motifs is 1. The van der Waals surface area contributed by atoms with Gasteiger partial charge in [0.05, 0.1) is 6.54 Å². The molecule has 2 nitrogen and oxygen atoms in total. The number of rotatable bonds is 2. The second-order valence-corrected chi connectivity index (χ2v) is 5.17. The second kappa shape index (κ2) is 3.83. The number of anilines is 2. The van der Waals surface area contributed by atoms with E-state index in [-0.39, 0.29) is 0 Å². The van der Waals surface area contributed by atoms with Gasteiger partial charge in [0.1, 0.15) is 0 Å². The Morgan fingerprint density at radius 3 is 3.06 bits per heavy atom. The van der Waals surface area contributed by atoms with E-state index in [4.69, 9.17) is 5.73 Å². The molecule has 1 aliphatic heterocycles. The Hall–Kier alpha value is -1.48. The molecule has 3 heteroatoms. The highest BCUT2D eigenvalue weighted by molar-refractivity contribution is 7.09. The molecule has 0 saturated carbocycles. The molecule has 1 aromatic heterocycles. The van der Waals surface area contributed by atoms with Crippen LogP contribution in [0, 0.1) is 0 Å². The van der Waals surface area contributed by atoms with E-state index in [0.717, 1.165) is 25.2 Å². The summed E-state index contributed by atoms with van der Waals surface area (Å²) < 4.78 is 0. The van der Waals surface area contributed by atoms with Gasteiger partial charge in [-0.3, -0.25) is 0 Å². The fraction of sp³-hybridized carbons (Fsp3) is 0.231. The van der Waals surface area contributed by atoms with Crippen molar-refractivity contribution in [2.24, 2.45) is 0 Å². The number of hydrogen-bond acceptors (Lipinski definition) is 3. The van der Waals surface area contributed by atoms with Gasteiger partial charge in [0.25, 0.3) is 0 Å². The lowest BCUT2D eigenvalue weighted by Crippen LogP contribution is -2.18. The molecular formula is C13H14N2S. The Kier molecular flexibility index (Phi) is 2.33. The Balaban J connectivity index is 1.88. The highest BCUT2D eigenvalue weighted by atomic mass is 32.1. The van der Waals surface area contributed by atoms with E-state index in [2.05, 4.69) is 34.5 Å². The molecule has 3 rings (SSSR count). The van der Waals surface area contributed by atoms with Crippen molar-refractivity contribution in [2.45, 2.75) is 13.0 Å². The largest absolute Gasteiger partial charge is 0.399 e. The van der Waals surface area contributed by atoms with Gasteiger partial charge in [0.15, 0.2) is 0 Å². The number of nitrogens with zero attached hydrogens (tertiary/aromatic N) is 1. The van der Waals surface area contributed by atoms with Crippen molar-refractivity contribution in [3.8, 4) is 0 Å². The smallest absolute Gasteiger partial charge is 0.0523 e. The van der Waals surface area contributed by atoms with Crippen molar-refractivity contribution in [1.82, 2.24) is 0 Å². The summed E-state index contributed by atoms with van der Waals surface area (Å²) in [5.41, 5.74) is 9.44. The fourth-order valence-electron chi connectivity index (χ4n) is 2.22. The molecule has 0 bridgehead atoms. The van der Waals surface area contributed by atoms with Gasteiger partial charge in [-0.2, -0.15) is 0 Å². The maximum absolute atomic E-state index is 5.84. The molecule has 0 aliphatic carbocycles. The maximum Gasteiger partial charge on any atom is 0.0523 e. The number of thiophene rings is 1. The molecule has 2 heterocycles. The summed E-state index contributed by atoms with van der Waals surface area (Å²) in [4.78, 5) is 3.83. The lowest BCUT2D eigenvalue weighted by molar-refractivity contribution is 0.846. The topological polar surface area (TPSA) is 29.3 Å². The zero-order chi connectivity index (χ0) is 11.0. The number of benzene rings is 1. The molecule has 0 unspecified atom stereocenters. The summed E-state index contributed by atoms with van der Waals surface area (Å²) in [5, 5.41) is 2.13. The first-order valence-corrected chi connectivity index (χ1v) is 6.36. The molecule has 0 amide bonds. The van der Waals surface area contributed by atoms with Crippen LogP contribution in [-0.4, -0.2) is 6.54 Å². The Morgan fingerprint density at radius 2 is 2.25 bits per heavy atom. The van der Waals surface area contributed by atoms with Crippen molar-refractivity contribution >= 4 is 22.7 Å². The minimum atomic E-state index is 0.858. The first-order valence-electron chi connectivity index (χ1n) is 5.49. The Morgan fingerprint density at radius 1 is 1.31 bits per heavy atom. The van der Waals surface area contributed by atoms with E-state index < -0.39 is 0 Å². The molecule has 0 spiro atoms. The molecule has 1 aromatic carbocycles. The van der Waals surface area contributed by atoms with E-state index in [1.807, 2.05) is 17.4 Å². The zero-order valence-corrected chi connectivity index (χ0v) is 9.83. The monoisotopic (exact) mass is 230 g/mol. The van der Waals surface area contributed by atoms with Gasteiger partial charge in [-0.15, -0.1) is 11.3 Å². The van der Waals surface area contributed by atoms with E-state index in [9.17, 15) is 0 Å². The number of nitrogens with two attached hydrogens (primary N) is 1. The first-order chi connectivity index (χ1) is 7.83. The molecule has 2 N–H and O–H groups in total. The van der Waals surface area contributed by atoms with Crippen LogP contribution < -0.4 is 10.6 Å². The van der Waals surface area contributed by atoms with Gasteiger partial charge in [-0.25, -0.2) is 0 Å². The summed E-state index contributed by atoms with van der Waals surface area (Å²) >= 11 is 1.82. The summed E-state index contributed by atoms with van der Waals surface area (Å²) in [6, 6.07) is 10.5. The predicted octanol–water partition coefficient (Wildman–Crippen LogP) is 2.89. The second-order valence-electron chi connectivity index (χ2n) is 4.14. The first kappa shape index (κ1) is 9.73. The molecule has 82 valence electrons. The number of hydrogen-bond donors (Lipinski definition) is 1. The maximum atomic E-state index is 5.84. The van der Waals surface area contributed by atoms with E-state index in [0.29, 0.717) is 0 Å². The van der Waals surface area contributed by atoms with Crippen LogP contribution in [-0.2, 0) is 13.0 Å². The van der Waals surface area contributed by atoms with Crippen LogP contribution in [0.1, 0.15) is 10.4 Å². The van der Waals surface area contributed by atoms with Crippen molar-refractivity contribution in [3.05, 3.63) is 46.2 Å². The minimum absolute atomic E-state index is 0.858. The van der Waals surface area contributed by atoms with Crippen molar-refractivity contribution in [2.75, 3.05) is 17.2 Å². The van der Waals surface area contributed by atoms with Gasteiger partial charge in [-0.1, -0.05) is 12.1 Å².